The molecule has 4 rings (SSSR count). The van der Waals surface area contributed by atoms with E-state index in [9.17, 15) is 36.2 Å². The first-order valence-electron chi connectivity index (χ1n) is 12.8. The van der Waals surface area contributed by atoms with Crippen molar-refractivity contribution in [2.24, 2.45) is 0 Å². The first-order valence-corrected chi connectivity index (χ1v) is 12.8. The molecular weight excluding hydrogens is 554 g/mol. The Bertz CT molecular complexity index is 1260. The Labute approximate surface area is 232 Å². The topological polar surface area (TPSA) is 71.0 Å². The number of benzene rings is 3. The first-order chi connectivity index (χ1) is 19.4. The molecule has 1 atom stereocenters. The van der Waals surface area contributed by atoms with E-state index < -0.39 is 41.7 Å². The maximum atomic E-state index is 13.2. The molecule has 1 heterocycles. The fourth-order valence-corrected chi connectivity index (χ4v) is 5.18. The molecule has 0 spiro atoms. The van der Waals surface area contributed by atoms with E-state index in [1.54, 1.807) is 30.3 Å². The van der Waals surface area contributed by atoms with Gasteiger partial charge in [-0.05, 0) is 60.2 Å². The number of amides is 2. The zero-order valence-corrected chi connectivity index (χ0v) is 21.7. The van der Waals surface area contributed by atoms with Gasteiger partial charge >= 0.3 is 18.8 Å². The van der Waals surface area contributed by atoms with Crippen molar-refractivity contribution in [3.8, 4) is 11.5 Å². The molecule has 0 aromatic heterocycles. The maximum Gasteiger partial charge on any atom is 0.573 e. The summed E-state index contributed by atoms with van der Waals surface area (Å²) in [4.78, 5) is 14.7. The van der Waals surface area contributed by atoms with E-state index in [1.165, 1.54) is 29.2 Å². The molecule has 1 aliphatic rings. The lowest BCUT2D eigenvalue weighted by molar-refractivity contribution is -0.275. The van der Waals surface area contributed by atoms with Crippen LogP contribution < -0.4 is 14.8 Å². The molecule has 3 aromatic rings. The number of urea groups is 1. The Morgan fingerprint density at radius 1 is 0.854 bits per heavy atom. The normalized spacial score (nSPS) is 16.0. The van der Waals surface area contributed by atoms with Gasteiger partial charge in [0.15, 0.2) is 0 Å². The van der Waals surface area contributed by atoms with Gasteiger partial charge in [-0.2, -0.15) is 0 Å². The van der Waals surface area contributed by atoms with Crippen LogP contribution in [0.1, 0.15) is 29.5 Å². The van der Waals surface area contributed by atoms with E-state index in [-0.39, 0.29) is 30.7 Å². The maximum absolute atomic E-state index is 13.2. The van der Waals surface area contributed by atoms with Gasteiger partial charge in [-0.1, -0.05) is 54.6 Å². The molecule has 41 heavy (non-hydrogen) atoms. The van der Waals surface area contributed by atoms with E-state index in [0.717, 1.165) is 24.3 Å². The number of hydrogen-bond acceptors (Lipinski definition) is 4. The molecule has 0 bridgehead atoms. The lowest BCUT2D eigenvalue weighted by Crippen LogP contribution is -2.50. The number of carbonyl (C=O) groups is 1. The second kappa shape index (κ2) is 12.3. The first kappa shape index (κ1) is 30.0. The van der Waals surface area contributed by atoms with Crippen LogP contribution >= 0.6 is 0 Å². The van der Waals surface area contributed by atoms with Crippen molar-refractivity contribution in [3.05, 3.63) is 95.6 Å². The monoisotopic (exact) mass is 582 g/mol. The van der Waals surface area contributed by atoms with E-state index in [0.29, 0.717) is 24.9 Å². The van der Waals surface area contributed by atoms with Crippen LogP contribution in [0.25, 0.3) is 0 Å². The summed E-state index contributed by atoms with van der Waals surface area (Å²) in [5.74, 6) is -1.05. The Morgan fingerprint density at radius 3 is 1.93 bits per heavy atom. The fourth-order valence-electron chi connectivity index (χ4n) is 5.18. The minimum atomic E-state index is -4.98. The largest absolute Gasteiger partial charge is 0.573 e. The van der Waals surface area contributed by atoms with Crippen LogP contribution in [0.2, 0.25) is 0 Å². The lowest BCUT2D eigenvalue weighted by atomic mass is 9.70. The summed E-state index contributed by atoms with van der Waals surface area (Å²) in [6.07, 6.45) is -8.59. The molecule has 1 saturated heterocycles. The third kappa shape index (κ3) is 7.84. The number of likely N-dealkylation sites (tertiary alicyclic amines) is 1. The van der Waals surface area contributed by atoms with Crippen molar-refractivity contribution in [3.63, 3.8) is 0 Å². The van der Waals surface area contributed by atoms with Crippen LogP contribution in [-0.2, 0) is 11.8 Å². The highest BCUT2D eigenvalue weighted by molar-refractivity contribution is 5.75. The molecule has 0 radical (unpaired) electrons. The number of rotatable bonds is 9. The molecule has 2 amide bonds. The second-order valence-corrected chi connectivity index (χ2v) is 9.73. The third-order valence-corrected chi connectivity index (χ3v) is 6.98. The average molecular weight is 583 g/mol. The van der Waals surface area contributed by atoms with Gasteiger partial charge in [0.1, 0.15) is 11.5 Å². The van der Waals surface area contributed by atoms with Gasteiger partial charge in [0.05, 0.1) is 12.6 Å². The van der Waals surface area contributed by atoms with Crippen molar-refractivity contribution >= 4 is 6.03 Å². The molecule has 0 unspecified atom stereocenters. The SMILES string of the molecule is O=C(NCC(Cc1ccccc1)(c1cccc(OC(F)(F)F)c1)c1cccc(OC(F)(F)F)c1)N1CCC[C@H]1CO. The number of carbonyl (C=O) groups excluding carboxylic acids is 1. The van der Waals surface area contributed by atoms with Gasteiger partial charge in [0.2, 0.25) is 0 Å². The lowest BCUT2D eigenvalue weighted by Gasteiger charge is -2.37. The van der Waals surface area contributed by atoms with Crippen molar-refractivity contribution in [1.29, 1.82) is 0 Å². The van der Waals surface area contributed by atoms with Crippen molar-refractivity contribution < 1.29 is 45.7 Å². The van der Waals surface area contributed by atoms with Gasteiger partial charge in [-0.15, -0.1) is 26.3 Å². The number of nitrogens with zero attached hydrogens (tertiary/aromatic N) is 1. The molecule has 3 aromatic carbocycles. The van der Waals surface area contributed by atoms with Crippen LogP contribution in [0.3, 0.4) is 0 Å². The summed E-state index contributed by atoms with van der Waals surface area (Å²) < 4.78 is 87.0. The molecule has 0 aliphatic carbocycles. The molecule has 1 fully saturated rings. The Morgan fingerprint density at radius 2 is 1.41 bits per heavy atom. The van der Waals surface area contributed by atoms with E-state index >= 15 is 0 Å². The Balaban J connectivity index is 1.85. The van der Waals surface area contributed by atoms with Crippen LogP contribution in [0, 0.1) is 0 Å². The van der Waals surface area contributed by atoms with Crippen molar-refractivity contribution in [2.45, 2.75) is 43.4 Å². The van der Waals surface area contributed by atoms with E-state index in [1.807, 2.05) is 0 Å². The Kier molecular flexibility index (Phi) is 9.01. The highest BCUT2D eigenvalue weighted by Gasteiger charge is 2.39. The van der Waals surface area contributed by atoms with Gasteiger partial charge in [0, 0.05) is 18.5 Å². The van der Waals surface area contributed by atoms with Crippen LogP contribution in [-0.4, -0.2) is 54.5 Å². The third-order valence-electron chi connectivity index (χ3n) is 6.98. The fraction of sp³-hybridized carbons (Fsp3) is 0.345. The molecule has 220 valence electrons. The number of nitrogens with one attached hydrogen (secondary N) is 1. The average Bonchev–Trinajstić information content (AvgIpc) is 3.39. The second-order valence-electron chi connectivity index (χ2n) is 9.73. The van der Waals surface area contributed by atoms with Crippen LogP contribution in [0.4, 0.5) is 31.1 Å². The van der Waals surface area contributed by atoms with E-state index in [4.69, 9.17) is 0 Å². The number of alkyl halides is 6. The van der Waals surface area contributed by atoms with Crippen LogP contribution in [0.15, 0.2) is 78.9 Å². The minimum Gasteiger partial charge on any atom is -0.406 e. The summed E-state index contributed by atoms with van der Waals surface area (Å²) in [6, 6.07) is 18.2. The quantitative estimate of drug-likeness (QED) is 0.296. The summed E-state index contributed by atoms with van der Waals surface area (Å²) in [7, 11) is 0. The summed E-state index contributed by atoms with van der Waals surface area (Å²) in [6.45, 7) is -0.0525. The zero-order chi connectivity index (χ0) is 29.7. The molecular formula is C29H28F6N2O4. The standard InChI is InChI=1S/C29H28F6N2O4/c30-28(31,32)40-24-12-4-9-21(15-24)27(17-20-7-2-1-3-8-20,19-36-26(39)37-14-6-11-23(37)18-38)22-10-5-13-25(16-22)41-29(33,34)35/h1-5,7-10,12-13,15-16,23,38H,6,11,14,17-19H2,(H,36,39)/t23-/m0/s1. The summed E-state index contributed by atoms with van der Waals surface area (Å²) in [5.41, 5.74) is -0.151. The number of ether oxygens (including phenoxy) is 2. The summed E-state index contributed by atoms with van der Waals surface area (Å²) in [5, 5.41) is 12.5. The predicted molar refractivity (Wildman–Crippen MR) is 137 cm³/mol. The number of halogens is 6. The highest BCUT2D eigenvalue weighted by atomic mass is 19.4. The molecule has 6 nitrogen and oxygen atoms in total. The number of aliphatic hydroxyl groups excluding tert-OH is 1. The van der Waals surface area contributed by atoms with E-state index in [2.05, 4.69) is 14.8 Å². The molecule has 12 heteroatoms. The summed E-state index contributed by atoms with van der Waals surface area (Å²) >= 11 is 0. The van der Waals surface area contributed by atoms with Crippen LogP contribution in [0.5, 0.6) is 11.5 Å². The molecule has 0 saturated carbocycles. The highest BCUT2D eigenvalue weighted by Crippen LogP contribution is 2.40. The Hall–Kier alpha value is -3.93. The van der Waals surface area contributed by atoms with Gasteiger partial charge < -0.3 is 24.8 Å². The number of aliphatic hydroxyl groups is 1. The van der Waals surface area contributed by atoms with Crippen molar-refractivity contribution in [1.82, 2.24) is 10.2 Å². The van der Waals surface area contributed by atoms with Gasteiger partial charge in [-0.25, -0.2) is 4.79 Å². The predicted octanol–water partition coefficient (Wildman–Crippen LogP) is 6.18. The number of hydrogen-bond donors (Lipinski definition) is 2. The van der Waals surface area contributed by atoms with Gasteiger partial charge in [0.25, 0.3) is 0 Å². The molecule has 1 aliphatic heterocycles. The van der Waals surface area contributed by atoms with Gasteiger partial charge in [-0.3, -0.25) is 0 Å². The molecule has 2 N–H and O–H groups in total. The van der Waals surface area contributed by atoms with Crippen molar-refractivity contribution in [2.75, 3.05) is 19.7 Å². The smallest absolute Gasteiger partial charge is 0.406 e. The zero-order valence-electron chi connectivity index (χ0n) is 21.7. The minimum absolute atomic E-state index is 0.0858.